The van der Waals surface area contributed by atoms with Gasteiger partial charge >= 0.3 is 6.18 Å². The molecule has 144 valence electrons. The number of nitrogens with zero attached hydrogens (tertiary/aromatic N) is 2. The molecule has 0 saturated carbocycles. The molecule has 0 spiro atoms. The van der Waals surface area contributed by atoms with Crippen LogP contribution in [0.2, 0.25) is 0 Å². The van der Waals surface area contributed by atoms with Crippen LogP contribution in [0.3, 0.4) is 0 Å². The van der Waals surface area contributed by atoms with Crippen LogP contribution in [-0.4, -0.2) is 42.9 Å². The molecule has 1 aromatic rings. The third-order valence-electron chi connectivity index (χ3n) is 4.13. The summed E-state index contributed by atoms with van der Waals surface area (Å²) >= 11 is 0. The Morgan fingerprint density at radius 1 is 1.19 bits per heavy atom. The highest BCUT2D eigenvalue weighted by Gasteiger charge is 2.30. The van der Waals surface area contributed by atoms with Crippen LogP contribution in [0.15, 0.2) is 29.3 Å². The molecule has 0 unspecified atom stereocenters. The Bertz CT molecular complexity index is 625. The van der Waals surface area contributed by atoms with Crippen LogP contribution in [0.4, 0.5) is 13.2 Å². The molecule has 8 heteroatoms. The first-order valence-electron chi connectivity index (χ1n) is 8.86. The van der Waals surface area contributed by atoms with Crippen LogP contribution in [0.5, 0.6) is 0 Å². The van der Waals surface area contributed by atoms with Crippen LogP contribution in [0.1, 0.15) is 37.3 Å². The van der Waals surface area contributed by atoms with Gasteiger partial charge in [-0.15, -0.1) is 0 Å². The highest BCUT2D eigenvalue weighted by Crippen LogP contribution is 2.29. The smallest absolute Gasteiger partial charge is 0.357 e. The van der Waals surface area contributed by atoms with E-state index in [0.717, 1.165) is 44.5 Å². The monoisotopic (exact) mass is 370 g/mol. The largest absolute Gasteiger partial charge is 0.416 e. The molecule has 1 aliphatic heterocycles. The highest BCUT2D eigenvalue weighted by atomic mass is 19.4. The Morgan fingerprint density at radius 3 is 2.58 bits per heavy atom. The molecule has 26 heavy (non-hydrogen) atoms. The van der Waals surface area contributed by atoms with Gasteiger partial charge in [0.25, 0.3) is 0 Å². The van der Waals surface area contributed by atoms with Crippen molar-refractivity contribution in [1.82, 2.24) is 15.5 Å². The third-order valence-corrected chi connectivity index (χ3v) is 4.13. The lowest BCUT2D eigenvalue weighted by Crippen LogP contribution is -2.46. The van der Waals surface area contributed by atoms with Crippen LogP contribution >= 0.6 is 0 Å². The van der Waals surface area contributed by atoms with Gasteiger partial charge in [-0.25, -0.2) is 4.99 Å². The number of rotatable bonds is 5. The lowest BCUT2D eigenvalue weighted by molar-refractivity contribution is -0.137. The molecule has 0 aromatic heterocycles. The molecule has 2 N–H and O–H groups in total. The Labute approximate surface area is 151 Å². The fraction of sp³-hybridized carbons (Fsp3) is 0.556. The molecule has 1 fully saturated rings. The van der Waals surface area contributed by atoms with E-state index in [-0.39, 0.29) is 19.0 Å². The van der Waals surface area contributed by atoms with Gasteiger partial charge in [0.05, 0.1) is 18.7 Å². The zero-order chi connectivity index (χ0) is 19.0. The van der Waals surface area contributed by atoms with E-state index in [9.17, 15) is 18.0 Å². The molecule has 2 rings (SSSR count). The van der Waals surface area contributed by atoms with Crippen LogP contribution in [0, 0.1) is 0 Å². The maximum Gasteiger partial charge on any atom is 0.416 e. The minimum absolute atomic E-state index is 0.00868. The molecule has 0 atom stereocenters. The number of guanidine groups is 1. The van der Waals surface area contributed by atoms with Crippen molar-refractivity contribution in [3.8, 4) is 0 Å². The summed E-state index contributed by atoms with van der Waals surface area (Å²) in [6, 6.07) is 5.09. The van der Waals surface area contributed by atoms with Crippen molar-refractivity contribution in [2.45, 2.75) is 38.9 Å². The second-order valence-corrected chi connectivity index (χ2v) is 6.19. The van der Waals surface area contributed by atoms with E-state index in [1.807, 2.05) is 11.8 Å². The first-order valence-corrected chi connectivity index (χ1v) is 8.86. The molecule has 1 amide bonds. The van der Waals surface area contributed by atoms with Gasteiger partial charge in [-0.1, -0.05) is 12.1 Å². The predicted molar refractivity (Wildman–Crippen MR) is 94.7 cm³/mol. The molecule has 1 aliphatic rings. The number of alkyl halides is 3. The van der Waals surface area contributed by atoms with Crippen molar-refractivity contribution in [3.63, 3.8) is 0 Å². The minimum atomic E-state index is -4.37. The van der Waals surface area contributed by atoms with Crippen LogP contribution in [0.25, 0.3) is 0 Å². The van der Waals surface area contributed by atoms with E-state index in [1.165, 1.54) is 6.07 Å². The second kappa shape index (κ2) is 9.45. The average molecular weight is 370 g/mol. The van der Waals surface area contributed by atoms with Gasteiger partial charge < -0.3 is 15.5 Å². The number of aliphatic imine (C=N–C) groups is 1. The summed E-state index contributed by atoms with van der Waals surface area (Å²) in [5.41, 5.74) is -0.233. The fourth-order valence-electron chi connectivity index (χ4n) is 2.77. The zero-order valence-corrected chi connectivity index (χ0v) is 14.9. The Morgan fingerprint density at radius 2 is 1.92 bits per heavy atom. The number of benzene rings is 1. The van der Waals surface area contributed by atoms with E-state index in [1.54, 1.807) is 6.07 Å². The maximum atomic E-state index is 12.8. The number of carbonyl (C=O) groups is 1. The highest BCUT2D eigenvalue weighted by molar-refractivity contribution is 5.86. The Kier molecular flexibility index (Phi) is 7.29. The number of hydrogen-bond donors (Lipinski definition) is 2. The van der Waals surface area contributed by atoms with Gasteiger partial charge in [0.15, 0.2) is 5.96 Å². The number of nitrogens with one attached hydrogen (secondary N) is 2. The molecule has 1 heterocycles. The number of halogens is 3. The van der Waals surface area contributed by atoms with Crippen molar-refractivity contribution >= 4 is 11.9 Å². The van der Waals surface area contributed by atoms with Crippen molar-refractivity contribution in [2.75, 3.05) is 26.2 Å². The van der Waals surface area contributed by atoms with Gasteiger partial charge in [-0.2, -0.15) is 13.2 Å². The van der Waals surface area contributed by atoms with Crippen LogP contribution in [-0.2, 0) is 17.5 Å². The normalized spacial score (nSPS) is 15.7. The van der Waals surface area contributed by atoms with Gasteiger partial charge in [-0.3, -0.25) is 4.79 Å². The van der Waals surface area contributed by atoms with Crippen molar-refractivity contribution in [1.29, 1.82) is 0 Å². The first kappa shape index (κ1) is 20.1. The zero-order valence-electron chi connectivity index (χ0n) is 14.9. The third kappa shape index (κ3) is 6.24. The molecular weight excluding hydrogens is 345 g/mol. The lowest BCUT2D eigenvalue weighted by Gasteiger charge is -2.27. The number of hydrogen-bond acceptors (Lipinski definition) is 2. The number of piperidine rings is 1. The number of amides is 1. The summed E-state index contributed by atoms with van der Waals surface area (Å²) in [6.45, 7) is 4.24. The first-order chi connectivity index (χ1) is 12.4. The second-order valence-electron chi connectivity index (χ2n) is 6.19. The van der Waals surface area contributed by atoms with Gasteiger partial charge in [0, 0.05) is 19.6 Å². The summed E-state index contributed by atoms with van der Waals surface area (Å²) in [7, 11) is 0. The topological polar surface area (TPSA) is 56.7 Å². The van der Waals surface area contributed by atoms with Crippen molar-refractivity contribution in [3.05, 3.63) is 35.4 Å². The number of carbonyl (C=O) groups excluding carboxylic acids is 1. The summed E-state index contributed by atoms with van der Waals surface area (Å²) in [5, 5.41) is 5.96. The molecule has 0 bridgehead atoms. The summed E-state index contributed by atoms with van der Waals surface area (Å²) in [5.74, 6) is 0.421. The average Bonchev–Trinajstić information content (AvgIpc) is 2.64. The Balaban J connectivity index is 1.94. The van der Waals surface area contributed by atoms with E-state index in [0.29, 0.717) is 18.1 Å². The molecule has 0 radical (unpaired) electrons. The summed E-state index contributed by atoms with van der Waals surface area (Å²) < 4.78 is 38.3. The minimum Gasteiger partial charge on any atom is -0.357 e. The molecule has 1 saturated heterocycles. The molecule has 5 nitrogen and oxygen atoms in total. The van der Waals surface area contributed by atoms with Crippen molar-refractivity contribution in [2.24, 2.45) is 4.99 Å². The van der Waals surface area contributed by atoms with Crippen LogP contribution < -0.4 is 10.6 Å². The van der Waals surface area contributed by atoms with E-state index >= 15 is 0 Å². The van der Waals surface area contributed by atoms with Gasteiger partial charge in [-0.05, 0) is 43.9 Å². The van der Waals surface area contributed by atoms with E-state index in [4.69, 9.17) is 0 Å². The predicted octanol–water partition coefficient (Wildman–Crippen LogP) is 2.77. The summed E-state index contributed by atoms with van der Waals surface area (Å²) in [4.78, 5) is 18.3. The molecular formula is C18H25F3N4O. The number of likely N-dealkylation sites (tertiary alicyclic amines) is 1. The SMILES string of the molecule is CCNC(=NCc1cccc(C(F)(F)F)c1)NCC(=O)N1CCCCC1. The van der Waals surface area contributed by atoms with Gasteiger partial charge in [0.2, 0.25) is 5.91 Å². The van der Waals surface area contributed by atoms with Gasteiger partial charge in [0.1, 0.15) is 0 Å². The van der Waals surface area contributed by atoms with Crippen molar-refractivity contribution < 1.29 is 18.0 Å². The summed E-state index contributed by atoms with van der Waals surface area (Å²) in [6.07, 6.45) is -1.17. The van der Waals surface area contributed by atoms with E-state index < -0.39 is 11.7 Å². The van der Waals surface area contributed by atoms with E-state index in [2.05, 4.69) is 15.6 Å². The molecule has 1 aromatic carbocycles. The Hall–Kier alpha value is -2.25. The molecule has 0 aliphatic carbocycles. The maximum absolute atomic E-state index is 12.8. The fourth-order valence-corrected chi connectivity index (χ4v) is 2.77. The quantitative estimate of drug-likeness (QED) is 0.619. The lowest BCUT2D eigenvalue weighted by atomic mass is 10.1. The standard InChI is InChI=1S/C18H25F3N4O/c1-2-22-17(24-13-16(26)25-9-4-3-5-10-25)23-12-14-7-6-8-15(11-14)18(19,20)21/h6-8,11H,2-5,9-10,12-13H2,1H3,(H2,22,23,24).